The van der Waals surface area contributed by atoms with Gasteiger partial charge in [-0.25, -0.2) is 9.13 Å². The van der Waals surface area contributed by atoms with Crippen molar-refractivity contribution in [3.8, 4) is 0 Å². The third-order valence-electron chi connectivity index (χ3n) is 3.20. The summed E-state index contributed by atoms with van der Waals surface area (Å²) in [6.07, 6.45) is -5.94. The lowest BCUT2D eigenvalue weighted by Gasteiger charge is -2.39. The minimum Gasteiger partial charge on any atom is -0.394 e. The van der Waals surface area contributed by atoms with E-state index >= 15 is 0 Å². The molecule has 0 spiro atoms. The van der Waals surface area contributed by atoms with Gasteiger partial charge in [0.1, 0.15) is 24.4 Å². The second kappa shape index (κ2) is 9.80. The Bertz CT molecular complexity index is 572. The van der Waals surface area contributed by atoms with Crippen molar-refractivity contribution in [3.63, 3.8) is 0 Å². The van der Waals surface area contributed by atoms with Gasteiger partial charge in [0.05, 0.1) is 19.8 Å². The lowest BCUT2D eigenvalue weighted by atomic mass is 9.99. The summed E-state index contributed by atoms with van der Waals surface area (Å²) >= 11 is 0. The van der Waals surface area contributed by atoms with Gasteiger partial charge in [-0.2, -0.15) is 4.31 Å². The summed E-state index contributed by atoms with van der Waals surface area (Å²) < 4.78 is 39.9. The average Bonchev–Trinajstić information content (AvgIpc) is 2.49. The van der Waals surface area contributed by atoms with Crippen molar-refractivity contribution >= 4 is 15.6 Å². The fourth-order valence-corrected chi connectivity index (χ4v) is 3.44. The van der Waals surface area contributed by atoms with Crippen LogP contribution < -0.4 is 0 Å². The highest BCUT2D eigenvalue weighted by molar-refractivity contribution is 7.60. The maximum atomic E-state index is 11.2. The molecule has 1 aliphatic rings. The van der Waals surface area contributed by atoms with Gasteiger partial charge in [0.25, 0.3) is 0 Å². The molecule has 0 amide bonds. The van der Waals surface area contributed by atoms with Crippen molar-refractivity contribution in [3.05, 3.63) is 11.6 Å². The lowest BCUT2D eigenvalue weighted by Crippen LogP contribution is -2.59. The number of aliphatic hydroxyl groups is 4. The first-order valence-electron chi connectivity index (χ1n) is 7.18. The summed E-state index contributed by atoms with van der Waals surface area (Å²) in [6.45, 7) is 0.150. The largest absolute Gasteiger partial charge is 0.481 e. The number of rotatable bonds is 9. The zero-order chi connectivity index (χ0) is 20.1. The number of hydrogen-bond acceptors (Lipinski definition) is 10. The van der Waals surface area contributed by atoms with Crippen LogP contribution in [0.3, 0.4) is 0 Å². The van der Waals surface area contributed by atoms with Crippen LogP contribution in [0.4, 0.5) is 0 Å². The zero-order valence-electron chi connectivity index (χ0n) is 13.6. The van der Waals surface area contributed by atoms with E-state index < -0.39 is 59.6 Å². The number of phosphoric ester groups is 1. The molecule has 1 rings (SSSR count). The van der Waals surface area contributed by atoms with Gasteiger partial charge in [-0.1, -0.05) is 6.08 Å². The monoisotopic (exact) mass is 424 g/mol. The van der Waals surface area contributed by atoms with Crippen LogP contribution in [0, 0.1) is 0 Å². The van der Waals surface area contributed by atoms with Crippen LogP contribution in [-0.2, 0) is 27.4 Å². The smallest absolute Gasteiger partial charge is 0.394 e. The third-order valence-corrected chi connectivity index (χ3v) is 5.35. The topological polar surface area (TPSA) is 213 Å². The van der Waals surface area contributed by atoms with E-state index in [-0.39, 0.29) is 6.61 Å². The van der Waals surface area contributed by atoms with E-state index in [9.17, 15) is 24.4 Å². The first-order chi connectivity index (χ1) is 11.9. The maximum Gasteiger partial charge on any atom is 0.481 e. The number of phosphoric acid groups is 2. The number of ether oxygens (including phenoxy) is 2. The number of aliphatic hydroxyl groups excluding tert-OH is 4. The minimum atomic E-state index is -5.20. The van der Waals surface area contributed by atoms with Crippen LogP contribution in [0.2, 0.25) is 0 Å². The van der Waals surface area contributed by atoms with Gasteiger partial charge in [0.15, 0.2) is 6.29 Å². The van der Waals surface area contributed by atoms with Gasteiger partial charge < -0.3 is 44.6 Å². The fraction of sp³-hybridized carbons (Fsp3) is 0.818. The predicted octanol–water partition coefficient (Wildman–Crippen LogP) is -2.02. The first-order valence-corrected chi connectivity index (χ1v) is 10.2. The molecule has 0 aromatic carbocycles. The number of hydrogen-bond donors (Lipinski definition) is 7. The van der Waals surface area contributed by atoms with E-state index in [0.717, 1.165) is 0 Å². The Morgan fingerprint density at radius 2 is 1.73 bits per heavy atom. The third kappa shape index (κ3) is 7.79. The Labute approximate surface area is 148 Å². The van der Waals surface area contributed by atoms with Crippen molar-refractivity contribution in [1.29, 1.82) is 0 Å². The standard InChI is InChI=1S/C11H22O13P2/c1-6(2-3-22-26(19,20)24-25(16,17)18)5-21-11-10(15)9(14)8(13)7(4-12)23-11/h2,7-15H,3-5H2,1H3,(H,19,20)(H2,16,17,18)/b6-2+/t7-,8-,9+,10-,11-/m1/s1. The van der Waals surface area contributed by atoms with Crippen molar-refractivity contribution in [2.75, 3.05) is 19.8 Å². The van der Waals surface area contributed by atoms with Crippen LogP contribution in [0.5, 0.6) is 0 Å². The molecule has 0 aromatic heterocycles. The molecule has 0 radical (unpaired) electrons. The van der Waals surface area contributed by atoms with E-state index in [4.69, 9.17) is 29.3 Å². The van der Waals surface area contributed by atoms with Crippen LogP contribution in [-0.4, -0.2) is 85.6 Å². The SMILES string of the molecule is C/C(=C\COP(=O)(O)OP(=O)(O)O)CO[C@@H]1O[C@H](CO)[C@@H](O)[C@H](O)[C@H]1O. The van der Waals surface area contributed by atoms with Crippen LogP contribution in [0.25, 0.3) is 0 Å². The molecule has 0 saturated carbocycles. The molecule has 1 saturated heterocycles. The summed E-state index contributed by atoms with van der Waals surface area (Å²) in [5.74, 6) is 0. The van der Waals surface area contributed by atoms with Crippen molar-refractivity contribution < 1.29 is 62.5 Å². The molecular formula is C11H22O13P2. The molecule has 1 fully saturated rings. The summed E-state index contributed by atoms with van der Waals surface area (Å²) in [5, 5.41) is 38.1. The van der Waals surface area contributed by atoms with Gasteiger partial charge >= 0.3 is 15.6 Å². The van der Waals surface area contributed by atoms with Gasteiger partial charge in [0, 0.05) is 0 Å². The molecule has 1 aliphatic heterocycles. The maximum absolute atomic E-state index is 11.2. The summed E-state index contributed by atoms with van der Waals surface area (Å²) in [5.41, 5.74) is 0.401. The normalized spacial score (nSPS) is 33.1. The van der Waals surface area contributed by atoms with E-state index in [1.165, 1.54) is 13.0 Å². The molecule has 0 bridgehead atoms. The fourth-order valence-electron chi connectivity index (χ4n) is 1.91. The molecule has 154 valence electrons. The van der Waals surface area contributed by atoms with E-state index in [0.29, 0.717) is 5.57 Å². The van der Waals surface area contributed by atoms with Crippen molar-refractivity contribution in [1.82, 2.24) is 0 Å². The molecule has 1 heterocycles. The molecule has 15 heteroatoms. The van der Waals surface area contributed by atoms with Crippen molar-refractivity contribution in [2.24, 2.45) is 0 Å². The Kier molecular flexibility index (Phi) is 8.97. The average molecular weight is 424 g/mol. The summed E-state index contributed by atoms with van der Waals surface area (Å²) in [4.78, 5) is 26.0. The predicted molar refractivity (Wildman–Crippen MR) is 82.4 cm³/mol. The first kappa shape index (κ1) is 23.8. The Morgan fingerprint density at radius 1 is 1.12 bits per heavy atom. The second-order valence-electron chi connectivity index (χ2n) is 5.40. The van der Waals surface area contributed by atoms with Gasteiger partial charge in [-0.3, -0.25) is 4.52 Å². The molecule has 6 atom stereocenters. The molecule has 0 aromatic rings. The Hall–Kier alpha value is -0.240. The lowest BCUT2D eigenvalue weighted by molar-refractivity contribution is -0.299. The van der Waals surface area contributed by atoms with E-state index in [2.05, 4.69) is 8.83 Å². The molecule has 1 unspecified atom stereocenters. The van der Waals surface area contributed by atoms with Gasteiger partial charge in [-0.05, 0) is 12.5 Å². The van der Waals surface area contributed by atoms with E-state index in [1.54, 1.807) is 0 Å². The minimum absolute atomic E-state index is 0.193. The highest BCUT2D eigenvalue weighted by Gasteiger charge is 2.44. The van der Waals surface area contributed by atoms with Crippen LogP contribution in [0.15, 0.2) is 11.6 Å². The van der Waals surface area contributed by atoms with Gasteiger partial charge in [0.2, 0.25) is 0 Å². The Balaban J connectivity index is 2.50. The summed E-state index contributed by atoms with van der Waals surface area (Å²) in [6, 6.07) is 0. The molecular weight excluding hydrogens is 402 g/mol. The molecule has 7 N–H and O–H groups in total. The molecule has 26 heavy (non-hydrogen) atoms. The summed E-state index contributed by atoms with van der Waals surface area (Å²) in [7, 11) is -10.2. The zero-order valence-corrected chi connectivity index (χ0v) is 15.3. The molecule has 0 aliphatic carbocycles. The highest BCUT2D eigenvalue weighted by Crippen LogP contribution is 2.57. The second-order valence-corrected chi connectivity index (χ2v) is 8.22. The van der Waals surface area contributed by atoms with Crippen molar-refractivity contribution in [2.45, 2.75) is 37.6 Å². The van der Waals surface area contributed by atoms with E-state index in [1.807, 2.05) is 0 Å². The van der Waals surface area contributed by atoms with Crippen LogP contribution >= 0.6 is 15.6 Å². The van der Waals surface area contributed by atoms with Gasteiger partial charge in [-0.15, -0.1) is 0 Å². The van der Waals surface area contributed by atoms with Crippen LogP contribution in [0.1, 0.15) is 6.92 Å². The molecule has 13 nitrogen and oxygen atoms in total. The Morgan fingerprint density at radius 3 is 2.27 bits per heavy atom. The highest BCUT2D eigenvalue weighted by atomic mass is 31.3. The quantitative estimate of drug-likeness (QED) is 0.157.